The van der Waals surface area contributed by atoms with E-state index in [2.05, 4.69) is 0 Å². The van der Waals surface area contributed by atoms with Crippen molar-refractivity contribution in [1.82, 2.24) is 4.90 Å². The van der Waals surface area contributed by atoms with Crippen LogP contribution in [-0.2, 0) is 9.53 Å². The SMILES string of the molecule is O=C(CSc1ccccc1)N1CCC(OCCCl)CC1. The molecule has 2 rings (SSSR count). The zero-order chi connectivity index (χ0) is 14.2. The Morgan fingerprint density at radius 1 is 1.30 bits per heavy atom. The quantitative estimate of drug-likeness (QED) is 0.597. The van der Waals surface area contributed by atoms with Crippen molar-refractivity contribution in [2.45, 2.75) is 23.8 Å². The highest BCUT2D eigenvalue weighted by atomic mass is 35.5. The van der Waals surface area contributed by atoms with Gasteiger partial charge >= 0.3 is 0 Å². The van der Waals surface area contributed by atoms with Crippen LogP contribution in [0.25, 0.3) is 0 Å². The normalized spacial score (nSPS) is 16.4. The minimum atomic E-state index is 0.217. The summed E-state index contributed by atoms with van der Waals surface area (Å²) in [4.78, 5) is 15.2. The molecular weight excluding hydrogens is 294 g/mol. The number of hydrogen-bond acceptors (Lipinski definition) is 3. The number of rotatable bonds is 6. The lowest BCUT2D eigenvalue weighted by atomic mass is 10.1. The van der Waals surface area contributed by atoms with Crippen molar-refractivity contribution in [3.8, 4) is 0 Å². The average Bonchev–Trinajstić information content (AvgIpc) is 2.52. The molecule has 1 saturated heterocycles. The molecule has 0 aliphatic carbocycles. The predicted molar refractivity (Wildman–Crippen MR) is 83.4 cm³/mol. The van der Waals surface area contributed by atoms with Crippen LogP contribution in [0.2, 0.25) is 0 Å². The minimum Gasteiger partial charge on any atom is -0.377 e. The van der Waals surface area contributed by atoms with E-state index in [0.29, 0.717) is 18.2 Å². The number of alkyl halides is 1. The molecular formula is C15H20ClNO2S. The van der Waals surface area contributed by atoms with E-state index < -0.39 is 0 Å². The first-order chi connectivity index (χ1) is 9.79. The Morgan fingerprint density at radius 3 is 2.65 bits per heavy atom. The Bertz CT molecular complexity index is 408. The van der Waals surface area contributed by atoms with E-state index >= 15 is 0 Å². The fourth-order valence-electron chi connectivity index (χ4n) is 2.24. The highest BCUT2D eigenvalue weighted by Gasteiger charge is 2.22. The molecule has 0 spiro atoms. The largest absolute Gasteiger partial charge is 0.377 e. The first-order valence-corrected chi connectivity index (χ1v) is 8.45. The number of carbonyl (C=O) groups excluding carboxylic acids is 1. The van der Waals surface area contributed by atoms with E-state index in [1.165, 1.54) is 0 Å². The molecule has 5 heteroatoms. The number of halogens is 1. The van der Waals surface area contributed by atoms with Crippen molar-refractivity contribution in [1.29, 1.82) is 0 Å². The van der Waals surface area contributed by atoms with E-state index in [-0.39, 0.29) is 12.0 Å². The lowest BCUT2D eigenvalue weighted by Crippen LogP contribution is -2.41. The standard InChI is InChI=1S/C15H20ClNO2S/c16-8-11-19-13-6-9-17(10-7-13)15(18)12-20-14-4-2-1-3-5-14/h1-5,13H,6-12H2. The third kappa shape index (κ3) is 5.00. The number of nitrogens with zero attached hydrogens (tertiary/aromatic N) is 1. The number of ether oxygens (including phenoxy) is 1. The fraction of sp³-hybridized carbons (Fsp3) is 0.533. The molecule has 1 heterocycles. The highest BCUT2D eigenvalue weighted by molar-refractivity contribution is 8.00. The summed E-state index contributed by atoms with van der Waals surface area (Å²) >= 11 is 7.20. The number of likely N-dealkylation sites (tertiary alicyclic amines) is 1. The second kappa shape index (κ2) is 8.55. The maximum Gasteiger partial charge on any atom is 0.232 e. The Hall–Kier alpha value is -0.710. The molecule has 0 atom stereocenters. The lowest BCUT2D eigenvalue weighted by molar-refractivity contribution is -0.130. The van der Waals surface area contributed by atoms with Crippen molar-refractivity contribution < 1.29 is 9.53 Å². The molecule has 1 aromatic rings. The maximum atomic E-state index is 12.1. The van der Waals surface area contributed by atoms with Crippen LogP contribution in [-0.4, -0.2) is 48.2 Å². The summed E-state index contributed by atoms with van der Waals surface area (Å²) in [5.74, 6) is 1.26. The van der Waals surface area contributed by atoms with E-state index in [4.69, 9.17) is 16.3 Å². The number of benzene rings is 1. The maximum absolute atomic E-state index is 12.1. The van der Waals surface area contributed by atoms with Gasteiger partial charge in [-0.25, -0.2) is 0 Å². The Morgan fingerprint density at radius 2 is 2.00 bits per heavy atom. The van der Waals surface area contributed by atoms with Gasteiger partial charge in [0.1, 0.15) is 0 Å². The molecule has 0 aromatic heterocycles. The van der Waals surface area contributed by atoms with Gasteiger partial charge in [0, 0.05) is 23.9 Å². The topological polar surface area (TPSA) is 29.5 Å². The van der Waals surface area contributed by atoms with Gasteiger partial charge in [-0.2, -0.15) is 0 Å². The first kappa shape index (κ1) is 15.7. The predicted octanol–water partition coefficient (Wildman–Crippen LogP) is 3.03. The van der Waals surface area contributed by atoms with Crippen LogP contribution in [0, 0.1) is 0 Å². The molecule has 1 aliphatic heterocycles. The van der Waals surface area contributed by atoms with E-state index in [1.54, 1.807) is 11.8 Å². The molecule has 0 unspecified atom stereocenters. The van der Waals surface area contributed by atoms with E-state index in [1.807, 2.05) is 35.2 Å². The first-order valence-electron chi connectivity index (χ1n) is 6.93. The summed E-state index contributed by atoms with van der Waals surface area (Å²) in [6.45, 7) is 2.19. The highest BCUT2D eigenvalue weighted by Crippen LogP contribution is 2.19. The second-order valence-electron chi connectivity index (χ2n) is 4.74. The minimum absolute atomic E-state index is 0.217. The number of hydrogen-bond donors (Lipinski definition) is 0. The van der Waals surface area contributed by atoms with Gasteiger partial charge in [0.25, 0.3) is 0 Å². The van der Waals surface area contributed by atoms with Gasteiger partial charge in [-0.15, -0.1) is 23.4 Å². The summed E-state index contributed by atoms with van der Waals surface area (Å²) in [7, 11) is 0. The summed E-state index contributed by atoms with van der Waals surface area (Å²) < 4.78 is 5.61. The van der Waals surface area contributed by atoms with Gasteiger partial charge in [-0.1, -0.05) is 18.2 Å². The average molecular weight is 314 g/mol. The number of piperidine rings is 1. The Labute approximate surface area is 129 Å². The molecule has 0 bridgehead atoms. The summed E-state index contributed by atoms with van der Waals surface area (Å²) in [5.41, 5.74) is 0. The zero-order valence-corrected chi connectivity index (χ0v) is 13.0. The Balaban J connectivity index is 1.69. The smallest absolute Gasteiger partial charge is 0.232 e. The van der Waals surface area contributed by atoms with Crippen molar-refractivity contribution in [2.24, 2.45) is 0 Å². The van der Waals surface area contributed by atoms with Crippen molar-refractivity contribution in [3.63, 3.8) is 0 Å². The van der Waals surface area contributed by atoms with Crippen LogP contribution in [0.4, 0.5) is 0 Å². The number of thioether (sulfide) groups is 1. The van der Waals surface area contributed by atoms with Crippen LogP contribution in [0.15, 0.2) is 35.2 Å². The monoisotopic (exact) mass is 313 g/mol. The summed E-state index contributed by atoms with van der Waals surface area (Å²) in [6.07, 6.45) is 2.09. The molecule has 0 radical (unpaired) electrons. The third-order valence-corrected chi connectivity index (χ3v) is 4.48. The summed E-state index contributed by atoms with van der Waals surface area (Å²) in [6, 6.07) is 10.0. The third-order valence-electron chi connectivity index (χ3n) is 3.33. The second-order valence-corrected chi connectivity index (χ2v) is 6.17. The van der Waals surface area contributed by atoms with Crippen LogP contribution in [0.5, 0.6) is 0 Å². The van der Waals surface area contributed by atoms with E-state index in [0.717, 1.165) is 30.8 Å². The molecule has 1 amide bonds. The summed E-state index contributed by atoms with van der Waals surface area (Å²) in [5, 5.41) is 0. The molecule has 0 saturated carbocycles. The fourth-order valence-corrected chi connectivity index (χ4v) is 3.15. The van der Waals surface area contributed by atoms with Crippen LogP contribution in [0.1, 0.15) is 12.8 Å². The Kier molecular flexibility index (Phi) is 6.70. The van der Waals surface area contributed by atoms with Gasteiger partial charge in [0.15, 0.2) is 0 Å². The van der Waals surface area contributed by atoms with Crippen molar-refractivity contribution in [3.05, 3.63) is 30.3 Å². The van der Waals surface area contributed by atoms with Crippen LogP contribution >= 0.6 is 23.4 Å². The molecule has 20 heavy (non-hydrogen) atoms. The van der Waals surface area contributed by atoms with Gasteiger partial charge in [0.05, 0.1) is 18.5 Å². The molecule has 3 nitrogen and oxygen atoms in total. The molecule has 110 valence electrons. The molecule has 0 N–H and O–H groups in total. The zero-order valence-electron chi connectivity index (χ0n) is 11.5. The van der Waals surface area contributed by atoms with Gasteiger partial charge in [0.2, 0.25) is 5.91 Å². The van der Waals surface area contributed by atoms with Gasteiger partial charge in [-0.05, 0) is 25.0 Å². The van der Waals surface area contributed by atoms with Crippen LogP contribution in [0.3, 0.4) is 0 Å². The lowest BCUT2D eigenvalue weighted by Gasteiger charge is -2.31. The number of carbonyl (C=O) groups is 1. The molecule has 1 fully saturated rings. The molecule has 1 aromatic carbocycles. The number of amides is 1. The van der Waals surface area contributed by atoms with Crippen molar-refractivity contribution in [2.75, 3.05) is 31.3 Å². The van der Waals surface area contributed by atoms with Gasteiger partial charge in [-0.3, -0.25) is 4.79 Å². The van der Waals surface area contributed by atoms with E-state index in [9.17, 15) is 4.79 Å². The van der Waals surface area contributed by atoms with Crippen LogP contribution < -0.4 is 0 Å². The van der Waals surface area contributed by atoms with Crippen molar-refractivity contribution >= 4 is 29.3 Å². The van der Waals surface area contributed by atoms with Gasteiger partial charge < -0.3 is 9.64 Å². The molecule has 1 aliphatic rings.